The molecular formula is C17H9Cl3O. The van der Waals surface area contributed by atoms with Crippen molar-refractivity contribution in [3.05, 3.63) is 80.8 Å². The largest absolute Gasteiger partial charge is 0.288 e. The van der Waals surface area contributed by atoms with Gasteiger partial charge in [-0.1, -0.05) is 77.3 Å². The number of carbonyl (C=O) groups is 1. The number of carbonyl (C=O) groups excluding carboxylic acids is 1. The zero-order chi connectivity index (χ0) is 15.0. The van der Waals surface area contributed by atoms with Gasteiger partial charge >= 0.3 is 0 Å². The van der Waals surface area contributed by atoms with Crippen molar-refractivity contribution in [1.82, 2.24) is 0 Å². The molecule has 0 atom stereocenters. The Bertz CT molecular complexity index is 827. The number of hydrogen-bond donors (Lipinski definition) is 0. The predicted octanol–water partition coefficient (Wildman–Crippen LogP) is 6.03. The van der Waals surface area contributed by atoms with Crippen LogP contribution in [0.3, 0.4) is 0 Å². The second-order valence-electron chi connectivity index (χ2n) is 4.60. The fourth-order valence-electron chi connectivity index (χ4n) is 2.32. The summed E-state index contributed by atoms with van der Waals surface area (Å²) in [5, 5.41) is 2.77. The molecule has 0 saturated heterocycles. The van der Waals surface area contributed by atoms with Crippen LogP contribution in [-0.2, 0) is 0 Å². The summed E-state index contributed by atoms with van der Waals surface area (Å²) in [5.74, 6) is -0.210. The van der Waals surface area contributed by atoms with Gasteiger partial charge in [0, 0.05) is 10.6 Å². The van der Waals surface area contributed by atoms with Gasteiger partial charge in [-0.15, -0.1) is 0 Å². The van der Waals surface area contributed by atoms with E-state index in [1.165, 1.54) is 12.1 Å². The number of ketones is 1. The van der Waals surface area contributed by atoms with Gasteiger partial charge in [0.2, 0.25) is 0 Å². The van der Waals surface area contributed by atoms with E-state index in [9.17, 15) is 4.79 Å². The van der Waals surface area contributed by atoms with Crippen molar-refractivity contribution in [2.24, 2.45) is 0 Å². The Labute approximate surface area is 137 Å². The summed E-state index contributed by atoms with van der Waals surface area (Å²) in [6.07, 6.45) is 0. The molecule has 0 spiro atoms. The van der Waals surface area contributed by atoms with E-state index in [-0.39, 0.29) is 21.4 Å². The minimum absolute atomic E-state index is 0.210. The van der Waals surface area contributed by atoms with E-state index < -0.39 is 0 Å². The van der Waals surface area contributed by atoms with Gasteiger partial charge < -0.3 is 0 Å². The SMILES string of the molecule is O=C(c1c(Cl)cc(Cl)cc1Cl)c1cccc2ccccc12. The van der Waals surface area contributed by atoms with Crippen molar-refractivity contribution in [3.8, 4) is 0 Å². The van der Waals surface area contributed by atoms with Crippen LogP contribution in [0.4, 0.5) is 0 Å². The molecule has 1 nitrogen and oxygen atoms in total. The summed E-state index contributed by atoms with van der Waals surface area (Å²) in [6, 6.07) is 16.3. The molecule has 0 amide bonds. The number of halogens is 3. The minimum atomic E-state index is -0.210. The van der Waals surface area contributed by atoms with Crippen LogP contribution >= 0.6 is 34.8 Å². The molecule has 0 saturated carbocycles. The molecule has 0 N–H and O–H groups in total. The van der Waals surface area contributed by atoms with Crippen LogP contribution in [0.5, 0.6) is 0 Å². The van der Waals surface area contributed by atoms with Gasteiger partial charge in [-0.2, -0.15) is 0 Å². The van der Waals surface area contributed by atoms with Crippen molar-refractivity contribution in [2.45, 2.75) is 0 Å². The quantitative estimate of drug-likeness (QED) is 0.522. The average molecular weight is 336 g/mol. The van der Waals surface area contributed by atoms with Crippen LogP contribution < -0.4 is 0 Å². The van der Waals surface area contributed by atoms with Gasteiger partial charge in [-0.05, 0) is 22.9 Å². The third-order valence-corrected chi connectivity index (χ3v) is 4.08. The zero-order valence-electron chi connectivity index (χ0n) is 10.7. The highest BCUT2D eigenvalue weighted by Gasteiger charge is 2.19. The third-order valence-electron chi connectivity index (χ3n) is 3.27. The normalized spacial score (nSPS) is 10.8. The molecule has 0 aliphatic heterocycles. The highest BCUT2D eigenvalue weighted by molar-refractivity contribution is 6.43. The van der Waals surface area contributed by atoms with Crippen molar-refractivity contribution < 1.29 is 4.79 Å². The first kappa shape index (κ1) is 14.4. The molecule has 3 aromatic rings. The molecule has 21 heavy (non-hydrogen) atoms. The van der Waals surface area contributed by atoms with E-state index in [4.69, 9.17) is 34.8 Å². The van der Waals surface area contributed by atoms with Crippen molar-refractivity contribution in [2.75, 3.05) is 0 Å². The standard InChI is InChI=1S/C17H9Cl3O/c18-11-8-14(19)16(15(20)9-11)17(21)13-7-3-5-10-4-1-2-6-12(10)13/h1-9H. The van der Waals surface area contributed by atoms with Crippen LogP contribution in [0.2, 0.25) is 15.1 Å². The van der Waals surface area contributed by atoms with E-state index >= 15 is 0 Å². The zero-order valence-corrected chi connectivity index (χ0v) is 13.0. The topological polar surface area (TPSA) is 17.1 Å². The highest BCUT2D eigenvalue weighted by Crippen LogP contribution is 2.32. The lowest BCUT2D eigenvalue weighted by Gasteiger charge is -2.09. The fourth-order valence-corrected chi connectivity index (χ4v) is 3.31. The Morgan fingerprint density at radius 1 is 0.810 bits per heavy atom. The smallest absolute Gasteiger partial charge is 0.196 e. The summed E-state index contributed by atoms with van der Waals surface area (Å²) < 4.78 is 0. The second-order valence-corrected chi connectivity index (χ2v) is 5.85. The van der Waals surface area contributed by atoms with Crippen LogP contribution in [-0.4, -0.2) is 5.78 Å². The van der Waals surface area contributed by atoms with Gasteiger partial charge in [-0.25, -0.2) is 0 Å². The highest BCUT2D eigenvalue weighted by atomic mass is 35.5. The Kier molecular flexibility index (Phi) is 3.90. The summed E-state index contributed by atoms with van der Waals surface area (Å²) in [4.78, 5) is 12.8. The van der Waals surface area contributed by atoms with Gasteiger partial charge in [0.1, 0.15) is 0 Å². The monoisotopic (exact) mass is 334 g/mol. The van der Waals surface area contributed by atoms with E-state index in [0.29, 0.717) is 10.6 Å². The summed E-state index contributed by atoms with van der Waals surface area (Å²) in [6.45, 7) is 0. The Morgan fingerprint density at radius 2 is 1.43 bits per heavy atom. The maximum Gasteiger partial charge on any atom is 0.196 e. The van der Waals surface area contributed by atoms with E-state index in [1.807, 2.05) is 36.4 Å². The molecule has 104 valence electrons. The molecule has 0 radical (unpaired) electrons. The number of fused-ring (bicyclic) bond motifs is 1. The fraction of sp³-hybridized carbons (Fsp3) is 0. The van der Waals surface area contributed by atoms with Crippen LogP contribution in [0.25, 0.3) is 10.8 Å². The molecule has 0 fully saturated rings. The lowest BCUT2D eigenvalue weighted by molar-refractivity contribution is 0.104. The Balaban J connectivity index is 2.22. The molecular weight excluding hydrogens is 327 g/mol. The number of hydrogen-bond acceptors (Lipinski definition) is 1. The average Bonchev–Trinajstić information content (AvgIpc) is 2.45. The first-order valence-electron chi connectivity index (χ1n) is 6.25. The van der Waals surface area contributed by atoms with E-state index in [2.05, 4.69) is 0 Å². The lowest BCUT2D eigenvalue weighted by atomic mass is 9.97. The van der Waals surface area contributed by atoms with Gasteiger partial charge in [0.25, 0.3) is 0 Å². The maximum atomic E-state index is 12.8. The van der Waals surface area contributed by atoms with Crippen molar-refractivity contribution in [3.63, 3.8) is 0 Å². The molecule has 4 heteroatoms. The molecule has 0 aliphatic rings. The van der Waals surface area contributed by atoms with Crippen molar-refractivity contribution >= 4 is 51.4 Å². The molecule has 0 bridgehead atoms. The Morgan fingerprint density at radius 3 is 2.14 bits per heavy atom. The minimum Gasteiger partial charge on any atom is -0.288 e. The second kappa shape index (κ2) is 5.69. The molecule has 0 heterocycles. The first-order chi connectivity index (χ1) is 10.1. The number of rotatable bonds is 2. The summed E-state index contributed by atoms with van der Waals surface area (Å²) in [5.41, 5.74) is 0.846. The molecule has 0 unspecified atom stereocenters. The van der Waals surface area contributed by atoms with Crippen LogP contribution in [0.1, 0.15) is 15.9 Å². The predicted molar refractivity (Wildman–Crippen MR) is 88.9 cm³/mol. The number of benzene rings is 3. The summed E-state index contributed by atoms with van der Waals surface area (Å²) >= 11 is 18.2. The van der Waals surface area contributed by atoms with Gasteiger partial charge in [0.15, 0.2) is 5.78 Å². The van der Waals surface area contributed by atoms with Gasteiger partial charge in [-0.3, -0.25) is 4.79 Å². The molecule has 3 rings (SSSR count). The van der Waals surface area contributed by atoms with Crippen LogP contribution in [0.15, 0.2) is 54.6 Å². The summed E-state index contributed by atoms with van der Waals surface area (Å²) in [7, 11) is 0. The van der Waals surface area contributed by atoms with E-state index in [0.717, 1.165) is 10.8 Å². The van der Waals surface area contributed by atoms with Gasteiger partial charge in [0.05, 0.1) is 15.6 Å². The molecule has 0 aliphatic carbocycles. The first-order valence-corrected chi connectivity index (χ1v) is 7.38. The lowest BCUT2D eigenvalue weighted by Crippen LogP contribution is -2.04. The maximum absolute atomic E-state index is 12.8. The Hall–Kier alpha value is -1.54. The van der Waals surface area contributed by atoms with E-state index in [1.54, 1.807) is 6.07 Å². The van der Waals surface area contributed by atoms with Crippen molar-refractivity contribution in [1.29, 1.82) is 0 Å². The third kappa shape index (κ3) is 2.65. The molecule has 0 aromatic heterocycles. The van der Waals surface area contributed by atoms with Crippen LogP contribution in [0, 0.1) is 0 Å². The molecule has 3 aromatic carbocycles.